The third-order valence-electron chi connectivity index (χ3n) is 5.26. The lowest BCUT2D eigenvalue weighted by Crippen LogP contribution is -2.39. The van der Waals surface area contributed by atoms with Crippen LogP contribution in [0.5, 0.6) is 17.2 Å². The fourth-order valence-electron chi connectivity index (χ4n) is 3.94. The van der Waals surface area contributed by atoms with Crippen molar-refractivity contribution in [2.45, 2.75) is 32.4 Å². The maximum atomic E-state index is 10.4. The Balaban J connectivity index is 1.78. The Morgan fingerprint density at radius 3 is 2.78 bits per heavy atom. The summed E-state index contributed by atoms with van der Waals surface area (Å²) in [7, 11) is 1.58. The number of benzene rings is 2. The van der Waals surface area contributed by atoms with E-state index in [2.05, 4.69) is 11.0 Å². The monoisotopic (exact) mass is 311 g/mol. The van der Waals surface area contributed by atoms with Crippen molar-refractivity contribution in [2.24, 2.45) is 0 Å². The van der Waals surface area contributed by atoms with Crippen LogP contribution in [0.4, 0.5) is 0 Å². The second kappa shape index (κ2) is 5.17. The summed E-state index contributed by atoms with van der Waals surface area (Å²) in [5.41, 5.74) is 5.64. The summed E-state index contributed by atoms with van der Waals surface area (Å²) in [6.07, 6.45) is 1.83. The lowest BCUT2D eigenvalue weighted by Gasteiger charge is -2.41. The van der Waals surface area contributed by atoms with Crippen molar-refractivity contribution in [1.29, 1.82) is 0 Å². The van der Waals surface area contributed by atoms with Gasteiger partial charge in [0.15, 0.2) is 11.5 Å². The Kier molecular flexibility index (Phi) is 3.23. The smallest absolute Gasteiger partial charge is 0.162 e. The molecule has 0 aliphatic carbocycles. The van der Waals surface area contributed by atoms with Gasteiger partial charge in [0.2, 0.25) is 0 Å². The maximum absolute atomic E-state index is 10.4. The number of methoxy groups -OCH3 is 1. The van der Waals surface area contributed by atoms with Gasteiger partial charge in [-0.1, -0.05) is 12.1 Å². The molecule has 120 valence electrons. The quantitative estimate of drug-likeness (QED) is 0.850. The first kappa shape index (κ1) is 14.4. The molecule has 2 aromatic rings. The summed E-state index contributed by atoms with van der Waals surface area (Å²) in [6.45, 7) is 3.64. The average molecular weight is 311 g/mol. The summed E-state index contributed by atoms with van der Waals surface area (Å²) in [6, 6.07) is 8.19. The van der Waals surface area contributed by atoms with Crippen molar-refractivity contribution in [1.82, 2.24) is 4.90 Å². The van der Waals surface area contributed by atoms with Crippen molar-refractivity contribution in [2.75, 3.05) is 13.7 Å². The minimum atomic E-state index is 0.265. The van der Waals surface area contributed by atoms with E-state index in [1.54, 1.807) is 7.11 Å². The summed E-state index contributed by atoms with van der Waals surface area (Å²) >= 11 is 0. The highest BCUT2D eigenvalue weighted by atomic mass is 16.5. The predicted octanol–water partition coefficient (Wildman–Crippen LogP) is 3.07. The molecule has 4 nitrogen and oxygen atoms in total. The van der Waals surface area contributed by atoms with Crippen LogP contribution in [0.15, 0.2) is 24.3 Å². The molecule has 2 N–H and O–H groups in total. The van der Waals surface area contributed by atoms with Crippen LogP contribution in [0, 0.1) is 6.92 Å². The molecule has 4 rings (SSSR count). The molecule has 2 aromatic carbocycles. The van der Waals surface area contributed by atoms with Gasteiger partial charge in [0.1, 0.15) is 5.75 Å². The van der Waals surface area contributed by atoms with E-state index < -0.39 is 0 Å². The number of phenols is 2. The number of ether oxygens (including phenoxy) is 1. The van der Waals surface area contributed by atoms with Crippen LogP contribution >= 0.6 is 0 Å². The van der Waals surface area contributed by atoms with Gasteiger partial charge in [0.05, 0.1) is 7.11 Å². The van der Waals surface area contributed by atoms with Crippen LogP contribution in [0.1, 0.15) is 33.9 Å². The highest BCUT2D eigenvalue weighted by Gasteiger charge is 2.34. The van der Waals surface area contributed by atoms with Gasteiger partial charge in [-0.15, -0.1) is 0 Å². The van der Waals surface area contributed by atoms with Crippen molar-refractivity contribution < 1.29 is 14.9 Å². The van der Waals surface area contributed by atoms with Crippen molar-refractivity contribution in [3.63, 3.8) is 0 Å². The SMILES string of the molecule is COc1ccc2c(c1O)CN1CCc3cc(C)c(O)cc3[C@@H]1C2. The largest absolute Gasteiger partial charge is 0.508 e. The second-order valence-corrected chi connectivity index (χ2v) is 6.53. The minimum Gasteiger partial charge on any atom is -0.508 e. The van der Waals surface area contributed by atoms with Gasteiger partial charge < -0.3 is 14.9 Å². The fraction of sp³-hybridized carbons (Fsp3) is 0.368. The molecule has 1 atom stereocenters. The number of hydrogen-bond donors (Lipinski definition) is 2. The van der Waals surface area contributed by atoms with E-state index in [4.69, 9.17) is 4.74 Å². The first-order chi connectivity index (χ1) is 11.1. The number of phenolic OH excluding ortho intramolecular Hbond substituents is 2. The summed E-state index contributed by atoms with van der Waals surface area (Å²) in [5, 5.41) is 20.5. The van der Waals surface area contributed by atoms with Crippen molar-refractivity contribution in [3.05, 3.63) is 52.1 Å². The van der Waals surface area contributed by atoms with Crippen molar-refractivity contribution >= 4 is 0 Å². The molecule has 2 heterocycles. The standard InChI is InChI=1S/C19H21NO3/c1-11-7-13-5-6-20-10-15-12(3-4-18(23-2)19(15)22)8-16(20)14(13)9-17(11)21/h3-4,7,9,16,21-22H,5-6,8,10H2,1-2H3/t16-/m0/s1. The molecule has 0 saturated carbocycles. The molecule has 0 aromatic heterocycles. The van der Waals surface area contributed by atoms with E-state index in [0.717, 1.165) is 42.6 Å². The molecule has 0 spiro atoms. The van der Waals surface area contributed by atoms with Gasteiger partial charge in [-0.2, -0.15) is 0 Å². The van der Waals surface area contributed by atoms with Gasteiger partial charge >= 0.3 is 0 Å². The van der Waals surface area contributed by atoms with Crippen LogP contribution in [0.3, 0.4) is 0 Å². The van der Waals surface area contributed by atoms with E-state index in [-0.39, 0.29) is 11.8 Å². The Hall–Kier alpha value is -2.20. The van der Waals surface area contributed by atoms with E-state index in [9.17, 15) is 10.2 Å². The van der Waals surface area contributed by atoms with E-state index >= 15 is 0 Å². The third kappa shape index (κ3) is 2.17. The fourth-order valence-corrected chi connectivity index (χ4v) is 3.94. The second-order valence-electron chi connectivity index (χ2n) is 6.53. The molecule has 0 fully saturated rings. The predicted molar refractivity (Wildman–Crippen MR) is 88.1 cm³/mol. The molecular weight excluding hydrogens is 290 g/mol. The highest BCUT2D eigenvalue weighted by molar-refractivity contribution is 5.52. The Labute approximate surface area is 135 Å². The number of hydrogen-bond acceptors (Lipinski definition) is 4. The molecule has 0 radical (unpaired) electrons. The lowest BCUT2D eigenvalue weighted by atomic mass is 9.83. The molecule has 0 amide bonds. The Morgan fingerprint density at radius 2 is 2.00 bits per heavy atom. The zero-order chi connectivity index (χ0) is 16.1. The third-order valence-corrected chi connectivity index (χ3v) is 5.26. The number of rotatable bonds is 1. The van der Waals surface area contributed by atoms with Gasteiger partial charge in [0.25, 0.3) is 0 Å². The number of fused-ring (bicyclic) bond motifs is 4. The molecule has 0 bridgehead atoms. The Bertz CT molecular complexity index is 785. The molecule has 4 heteroatoms. The van der Waals surface area contributed by atoms with Gasteiger partial charge in [-0.05, 0) is 54.2 Å². The minimum absolute atomic E-state index is 0.265. The number of nitrogens with zero attached hydrogens (tertiary/aromatic N) is 1. The Morgan fingerprint density at radius 1 is 1.17 bits per heavy atom. The summed E-state index contributed by atoms with van der Waals surface area (Å²) in [4.78, 5) is 2.39. The zero-order valence-electron chi connectivity index (χ0n) is 13.5. The first-order valence-corrected chi connectivity index (χ1v) is 8.02. The zero-order valence-corrected chi connectivity index (χ0v) is 13.5. The van der Waals surface area contributed by atoms with E-state index in [1.165, 1.54) is 11.1 Å². The molecule has 2 aliphatic rings. The van der Waals surface area contributed by atoms with E-state index in [1.807, 2.05) is 25.1 Å². The molecule has 0 unspecified atom stereocenters. The maximum Gasteiger partial charge on any atom is 0.162 e. The molecule has 23 heavy (non-hydrogen) atoms. The number of aryl methyl sites for hydroxylation is 1. The van der Waals surface area contributed by atoms with Crippen LogP contribution in [0.25, 0.3) is 0 Å². The van der Waals surface area contributed by atoms with Crippen LogP contribution in [0.2, 0.25) is 0 Å². The summed E-state index contributed by atoms with van der Waals surface area (Å²) in [5.74, 6) is 1.17. The first-order valence-electron chi connectivity index (χ1n) is 8.02. The summed E-state index contributed by atoms with van der Waals surface area (Å²) < 4.78 is 5.23. The van der Waals surface area contributed by atoms with Gasteiger partial charge in [-0.25, -0.2) is 0 Å². The molecule has 2 aliphatic heterocycles. The van der Waals surface area contributed by atoms with Gasteiger partial charge in [-0.3, -0.25) is 4.90 Å². The van der Waals surface area contributed by atoms with Crippen LogP contribution in [-0.4, -0.2) is 28.8 Å². The van der Waals surface area contributed by atoms with E-state index in [0.29, 0.717) is 11.5 Å². The molecule has 0 saturated heterocycles. The van der Waals surface area contributed by atoms with Gasteiger partial charge in [0, 0.05) is 24.7 Å². The topological polar surface area (TPSA) is 52.9 Å². The lowest BCUT2D eigenvalue weighted by molar-refractivity contribution is 0.157. The molecular formula is C19H21NO3. The normalized spacial score (nSPS) is 19.7. The highest BCUT2D eigenvalue weighted by Crippen LogP contribution is 2.44. The number of aromatic hydroxyl groups is 2. The van der Waals surface area contributed by atoms with Crippen LogP contribution < -0.4 is 4.74 Å². The van der Waals surface area contributed by atoms with Crippen LogP contribution in [-0.2, 0) is 19.4 Å². The average Bonchev–Trinajstić information content (AvgIpc) is 2.55. The van der Waals surface area contributed by atoms with Crippen molar-refractivity contribution in [3.8, 4) is 17.2 Å².